The number of anilines is 1. The molecule has 6 nitrogen and oxygen atoms in total. The van der Waals surface area contributed by atoms with Crippen LogP contribution >= 0.6 is 11.5 Å². The number of aromatic nitrogens is 2. The maximum absolute atomic E-state index is 14.2. The molecular weight excluding hydrogens is 415 g/mol. The van der Waals surface area contributed by atoms with Gasteiger partial charge in [0.05, 0.1) is 25.7 Å². The van der Waals surface area contributed by atoms with Gasteiger partial charge in [-0.05, 0) is 18.2 Å². The first kappa shape index (κ1) is 20.1. The number of halogens is 3. The predicted molar refractivity (Wildman–Crippen MR) is 98.4 cm³/mol. The number of benzene rings is 2. The van der Waals surface area contributed by atoms with Gasteiger partial charge in [0.1, 0.15) is 23.6 Å². The number of hydrogen-bond acceptors (Lipinski definition) is 6. The van der Waals surface area contributed by atoms with Gasteiger partial charge in [-0.25, -0.2) is 22.4 Å². The van der Waals surface area contributed by atoms with Crippen LogP contribution in [0.15, 0.2) is 41.6 Å². The lowest BCUT2D eigenvalue weighted by molar-refractivity contribution is 0.391. The Hall–Kier alpha value is -2.66. The molecule has 1 heterocycles. The van der Waals surface area contributed by atoms with Crippen LogP contribution < -0.4 is 13.8 Å². The number of ether oxygens (including phenoxy) is 2. The standard InChI is InChI=1S/C17H14F3N3O3S2/c1-25-11-4-3-10(15(5-11)26-2)8-23(17-21-9-22-27-17)28(24)16-7-13(19)12(18)6-14(16)20/h3-7,9H,8H2,1-2H3. The van der Waals surface area contributed by atoms with Gasteiger partial charge >= 0.3 is 0 Å². The molecule has 0 saturated heterocycles. The van der Waals surface area contributed by atoms with Crippen LogP contribution in [0.4, 0.5) is 18.3 Å². The van der Waals surface area contributed by atoms with Crippen molar-refractivity contribution in [3.05, 3.63) is 59.7 Å². The van der Waals surface area contributed by atoms with Crippen LogP contribution in [-0.4, -0.2) is 27.8 Å². The highest BCUT2D eigenvalue weighted by atomic mass is 32.2. The van der Waals surface area contributed by atoms with E-state index in [4.69, 9.17) is 9.47 Å². The topological polar surface area (TPSA) is 64.5 Å². The number of methoxy groups -OCH3 is 2. The third-order valence-corrected chi connectivity index (χ3v) is 5.93. The van der Waals surface area contributed by atoms with Crippen LogP contribution in [0.25, 0.3) is 0 Å². The smallest absolute Gasteiger partial charge is 0.217 e. The normalized spacial score (nSPS) is 11.9. The molecule has 3 aromatic rings. The van der Waals surface area contributed by atoms with Crippen molar-refractivity contribution in [1.29, 1.82) is 0 Å². The second-order valence-electron chi connectivity index (χ2n) is 5.38. The van der Waals surface area contributed by atoms with Gasteiger partial charge in [-0.3, -0.25) is 4.31 Å². The summed E-state index contributed by atoms with van der Waals surface area (Å²) in [5, 5.41) is 0.209. The van der Waals surface area contributed by atoms with E-state index in [-0.39, 0.29) is 11.7 Å². The summed E-state index contributed by atoms with van der Waals surface area (Å²) in [7, 11) is 0.735. The van der Waals surface area contributed by atoms with Crippen molar-refractivity contribution in [2.75, 3.05) is 18.5 Å². The molecular formula is C17H14F3N3O3S2. The van der Waals surface area contributed by atoms with Gasteiger partial charge in [0.15, 0.2) is 22.6 Å². The molecule has 0 aliphatic carbocycles. The van der Waals surface area contributed by atoms with Gasteiger partial charge in [-0.2, -0.15) is 4.37 Å². The Labute approximate surface area is 165 Å². The van der Waals surface area contributed by atoms with Crippen LogP contribution in [0, 0.1) is 17.5 Å². The zero-order valence-electron chi connectivity index (χ0n) is 14.7. The van der Waals surface area contributed by atoms with Crippen LogP contribution in [0.1, 0.15) is 5.56 Å². The molecule has 0 saturated carbocycles. The van der Waals surface area contributed by atoms with E-state index in [9.17, 15) is 17.4 Å². The molecule has 0 aliphatic rings. The van der Waals surface area contributed by atoms with Crippen LogP contribution in [0.2, 0.25) is 0 Å². The average Bonchev–Trinajstić information content (AvgIpc) is 3.22. The molecule has 148 valence electrons. The van der Waals surface area contributed by atoms with E-state index in [2.05, 4.69) is 9.36 Å². The SMILES string of the molecule is COc1ccc(CN(c2ncns2)S(=O)c2cc(F)c(F)cc2F)c(OC)c1. The van der Waals surface area contributed by atoms with Crippen molar-refractivity contribution in [3.63, 3.8) is 0 Å². The van der Waals surface area contributed by atoms with Gasteiger partial charge in [-0.15, -0.1) is 0 Å². The van der Waals surface area contributed by atoms with E-state index < -0.39 is 33.3 Å². The summed E-state index contributed by atoms with van der Waals surface area (Å²) in [5.41, 5.74) is 0.592. The van der Waals surface area contributed by atoms with Gasteiger partial charge in [-0.1, -0.05) is 0 Å². The fourth-order valence-electron chi connectivity index (χ4n) is 2.37. The fourth-order valence-corrected chi connectivity index (χ4v) is 4.22. The summed E-state index contributed by atoms with van der Waals surface area (Å²) in [6, 6.07) is 5.92. The zero-order valence-corrected chi connectivity index (χ0v) is 16.3. The summed E-state index contributed by atoms with van der Waals surface area (Å²) >= 11 is 0.924. The Bertz CT molecular complexity index is 1000. The van der Waals surface area contributed by atoms with Gasteiger partial charge in [0.2, 0.25) is 5.13 Å². The van der Waals surface area contributed by atoms with Crippen LogP contribution in [-0.2, 0) is 17.5 Å². The summed E-state index contributed by atoms with van der Waals surface area (Å²) in [6.45, 7) is -0.0204. The van der Waals surface area contributed by atoms with Gasteiger partial charge in [0.25, 0.3) is 0 Å². The minimum absolute atomic E-state index is 0.0204. The quantitative estimate of drug-likeness (QED) is 0.536. The average molecular weight is 429 g/mol. The molecule has 0 amide bonds. The number of rotatable bonds is 7. The Kier molecular flexibility index (Phi) is 6.15. The minimum Gasteiger partial charge on any atom is -0.497 e. The Morgan fingerprint density at radius 3 is 2.46 bits per heavy atom. The molecule has 0 fully saturated rings. The van der Waals surface area contributed by atoms with E-state index in [0.717, 1.165) is 11.5 Å². The van der Waals surface area contributed by atoms with Crippen LogP contribution in [0.5, 0.6) is 11.5 Å². The summed E-state index contributed by atoms with van der Waals surface area (Å²) in [6.07, 6.45) is 1.25. The first-order chi connectivity index (χ1) is 13.4. The van der Waals surface area contributed by atoms with Crippen molar-refractivity contribution < 1.29 is 26.9 Å². The minimum atomic E-state index is -2.23. The van der Waals surface area contributed by atoms with Gasteiger partial charge in [0, 0.05) is 29.2 Å². The molecule has 28 heavy (non-hydrogen) atoms. The lowest BCUT2D eigenvalue weighted by Gasteiger charge is -2.22. The molecule has 1 aromatic heterocycles. The molecule has 0 N–H and O–H groups in total. The molecule has 3 rings (SSSR count). The van der Waals surface area contributed by atoms with E-state index in [1.54, 1.807) is 18.2 Å². The summed E-state index contributed by atoms with van der Waals surface area (Å²) < 4.78 is 69.6. The zero-order chi connectivity index (χ0) is 20.3. The molecule has 0 radical (unpaired) electrons. The maximum Gasteiger partial charge on any atom is 0.217 e. The first-order valence-corrected chi connectivity index (χ1v) is 9.64. The Morgan fingerprint density at radius 1 is 1.07 bits per heavy atom. The van der Waals surface area contributed by atoms with Crippen molar-refractivity contribution in [2.24, 2.45) is 0 Å². The van der Waals surface area contributed by atoms with Gasteiger partial charge < -0.3 is 9.47 Å². The molecule has 2 aromatic carbocycles. The maximum atomic E-state index is 14.2. The number of nitrogens with zero attached hydrogens (tertiary/aromatic N) is 3. The molecule has 0 bridgehead atoms. The highest BCUT2D eigenvalue weighted by Crippen LogP contribution is 2.31. The van der Waals surface area contributed by atoms with Crippen molar-refractivity contribution >= 4 is 27.6 Å². The fraction of sp³-hybridized carbons (Fsp3) is 0.176. The monoisotopic (exact) mass is 429 g/mol. The third-order valence-electron chi connectivity index (χ3n) is 3.73. The van der Waals surface area contributed by atoms with Crippen LogP contribution in [0.3, 0.4) is 0 Å². The lowest BCUT2D eigenvalue weighted by Crippen LogP contribution is -2.26. The largest absolute Gasteiger partial charge is 0.497 e. The van der Waals surface area contributed by atoms with E-state index in [1.807, 2.05) is 0 Å². The van der Waals surface area contributed by atoms with Crippen molar-refractivity contribution in [2.45, 2.75) is 11.4 Å². The Balaban J connectivity index is 2.02. The van der Waals surface area contributed by atoms with E-state index in [1.165, 1.54) is 24.9 Å². The highest BCUT2D eigenvalue weighted by Gasteiger charge is 2.25. The highest BCUT2D eigenvalue weighted by molar-refractivity contribution is 7.86. The van der Waals surface area contributed by atoms with Crippen molar-refractivity contribution in [1.82, 2.24) is 9.36 Å². The lowest BCUT2D eigenvalue weighted by atomic mass is 10.2. The second kappa shape index (κ2) is 8.57. The third kappa shape index (κ3) is 4.09. The van der Waals surface area contributed by atoms with Crippen molar-refractivity contribution in [3.8, 4) is 11.5 Å². The first-order valence-electron chi connectivity index (χ1n) is 7.76. The van der Waals surface area contributed by atoms with E-state index in [0.29, 0.717) is 29.2 Å². The molecule has 1 atom stereocenters. The molecule has 0 spiro atoms. The number of hydrogen-bond donors (Lipinski definition) is 0. The molecule has 11 heteroatoms. The van der Waals surface area contributed by atoms with E-state index >= 15 is 0 Å². The summed E-state index contributed by atoms with van der Waals surface area (Å²) in [4.78, 5) is 3.49. The second-order valence-corrected chi connectivity index (χ2v) is 7.52. The predicted octanol–water partition coefficient (Wildman–Crippen LogP) is 3.70. The Morgan fingerprint density at radius 2 is 1.82 bits per heavy atom. The summed E-state index contributed by atoms with van der Waals surface area (Å²) in [5.74, 6) is -2.80. The molecule has 0 aliphatic heterocycles. The molecule has 1 unspecified atom stereocenters.